The normalized spacial score (nSPS) is 19.9. The second kappa shape index (κ2) is 5.90. The van der Waals surface area contributed by atoms with Crippen molar-refractivity contribution < 1.29 is 14.6 Å². The maximum absolute atomic E-state index is 11.7. The number of carbonyl (C=O) groups is 1. The van der Waals surface area contributed by atoms with E-state index in [-0.39, 0.29) is 0 Å². The van der Waals surface area contributed by atoms with Crippen LogP contribution < -0.4 is 0 Å². The molecule has 1 unspecified atom stereocenters. The van der Waals surface area contributed by atoms with Crippen LogP contribution in [-0.2, 0) is 16.0 Å². The zero-order valence-electron chi connectivity index (χ0n) is 10.9. The molecule has 1 atom stereocenters. The van der Waals surface area contributed by atoms with Gasteiger partial charge in [0.25, 0.3) is 0 Å². The average Bonchev–Trinajstić information content (AvgIpc) is 2.42. The molecule has 0 aromatic heterocycles. The van der Waals surface area contributed by atoms with Crippen molar-refractivity contribution in [2.45, 2.75) is 18.9 Å². The maximum atomic E-state index is 11.7. The summed E-state index contributed by atoms with van der Waals surface area (Å²) >= 11 is 5.85. The highest BCUT2D eigenvalue weighted by molar-refractivity contribution is 6.30. The van der Waals surface area contributed by atoms with E-state index >= 15 is 0 Å². The highest BCUT2D eigenvalue weighted by Gasteiger charge is 2.40. The van der Waals surface area contributed by atoms with Crippen LogP contribution >= 0.6 is 11.6 Å². The number of hydrogen-bond acceptors (Lipinski definition) is 3. The molecule has 1 N–H and O–H groups in total. The number of rotatable bonds is 4. The van der Waals surface area contributed by atoms with Gasteiger partial charge in [0.1, 0.15) is 5.54 Å². The molecule has 0 spiro atoms. The maximum Gasteiger partial charge on any atom is 0.324 e. The third-order valence-electron chi connectivity index (χ3n) is 3.63. The standard InChI is InChI=1S/C14H18ClNO3/c1-14(13(17)18,16-6-8-19-9-7-16)10-11-2-4-12(15)5-3-11/h2-5H,6-10H2,1H3,(H,17,18). The van der Waals surface area contributed by atoms with Gasteiger partial charge in [0.2, 0.25) is 0 Å². The van der Waals surface area contributed by atoms with Crippen LogP contribution in [-0.4, -0.2) is 47.8 Å². The van der Waals surface area contributed by atoms with Crippen LogP contribution in [0.3, 0.4) is 0 Å². The summed E-state index contributed by atoms with van der Waals surface area (Å²) in [5.74, 6) is -0.802. The molecule has 19 heavy (non-hydrogen) atoms. The second-order valence-electron chi connectivity index (χ2n) is 4.98. The minimum atomic E-state index is -0.905. The quantitative estimate of drug-likeness (QED) is 0.919. The Balaban J connectivity index is 2.18. The number of morpholine rings is 1. The minimum Gasteiger partial charge on any atom is -0.480 e. The topological polar surface area (TPSA) is 49.8 Å². The van der Waals surface area contributed by atoms with E-state index < -0.39 is 11.5 Å². The predicted octanol–water partition coefficient (Wildman–Crippen LogP) is 2.06. The SMILES string of the molecule is CC(Cc1ccc(Cl)cc1)(C(=O)O)N1CCOCC1. The van der Waals surface area contributed by atoms with Crippen molar-refractivity contribution in [1.82, 2.24) is 4.90 Å². The Morgan fingerprint density at radius 3 is 2.47 bits per heavy atom. The van der Waals surface area contributed by atoms with Gasteiger partial charge in [-0.3, -0.25) is 9.69 Å². The van der Waals surface area contributed by atoms with Crippen LogP contribution in [0.1, 0.15) is 12.5 Å². The van der Waals surface area contributed by atoms with Gasteiger partial charge in [-0.25, -0.2) is 0 Å². The molecule has 0 bridgehead atoms. The molecular formula is C14H18ClNO3. The Morgan fingerprint density at radius 2 is 1.95 bits per heavy atom. The molecule has 0 radical (unpaired) electrons. The Kier molecular flexibility index (Phi) is 4.45. The lowest BCUT2D eigenvalue weighted by Crippen LogP contribution is -2.57. The van der Waals surface area contributed by atoms with E-state index in [2.05, 4.69) is 0 Å². The van der Waals surface area contributed by atoms with Gasteiger partial charge < -0.3 is 9.84 Å². The van der Waals surface area contributed by atoms with Crippen LogP contribution in [0.25, 0.3) is 0 Å². The van der Waals surface area contributed by atoms with Crippen LogP contribution in [0.5, 0.6) is 0 Å². The third kappa shape index (κ3) is 3.26. The van der Waals surface area contributed by atoms with Crippen molar-refractivity contribution >= 4 is 17.6 Å². The van der Waals surface area contributed by atoms with Gasteiger partial charge in [0.05, 0.1) is 13.2 Å². The zero-order valence-corrected chi connectivity index (χ0v) is 11.7. The predicted molar refractivity (Wildman–Crippen MR) is 73.6 cm³/mol. The molecule has 1 fully saturated rings. The molecule has 4 nitrogen and oxygen atoms in total. The molecule has 2 rings (SSSR count). The van der Waals surface area contributed by atoms with Crippen molar-refractivity contribution in [3.05, 3.63) is 34.9 Å². The van der Waals surface area contributed by atoms with Gasteiger partial charge in [-0.1, -0.05) is 23.7 Å². The molecule has 0 amide bonds. The number of nitrogens with zero attached hydrogens (tertiary/aromatic N) is 1. The van der Waals surface area contributed by atoms with Crippen LogP contribution in [0.4, 0.5) is 0 Å². The van der Waals surface area contributed by atoms with Crippen molar-refractivity contribution in [2.24, 2.45) is 0 Å². The van der Waals surface area contributed by atoms with Crippen molar-refractivity contribution in [3.63, 3.8) is 0 Å². The summed E-state index contributed by atoms with van der Waals surface area (Å²) in [5.41, 5.74) is 0.0678. The number of carboxylic acid groups (broad SMARTS) is 1. The molecule has 1 saturated heterocycles. The summed E-state index contributed by atoms with van der Waals surface area (Å²) in [6.45, 7) is 4.25. The van der Waals surface area contributed by atoms with Crippen molar-refractivity contribution in [1.29, 1.82) is 0 Å². The smallest absolute Gasteiger partial charge is 0.324 e. The fourth-order valence-electron chi connectivity index (χ4n) is 2.38. The first kappa shape index (κ1) is 14.3. The van der Waals surface area contributed by atoms with Crippen LogP contribution in [0.2, 0.25) is 5.02 Å². The van der Waals surface area contributed by atoms with Gasteiger partial charge in [0, 0.05) is 24.5 Å². The number of ether oxygens (including phenoxy) is 1. The van der Waals surface area contributed by atoms with Gasteiger partial charge in [0.15, 0.2) is 0 Å². The summed E-state index contributed by atoms with van der Waals surface area (Å²) in [6, 6.07) is 7.34. The molecular weight excluding hydrogens is 266 g/mol. The molecule has 1 aliphatic heterocycles. The van der Waals surface area contributed by atoms with Gasteiger partial charge >= 0.3 is 5.97 Å². The summed E-state index contributed by atoms with van der Waals surface area (Å²) < 4.78 is 5.29. The zero-order chi connectivity index (χ0) is 13.9. The van der Waals surface area contributed by atoms with E-state index in [4.69, 9.17) is 16.3 Å². The Bertz CT molecular complexity index is 443. The lowest BCUT2D eigenvalue weighted by Gasteiger charge is -2.40. The van der Waals surface area contributed by atoms with Crippen LogP contribution in [0.15, 0.2) is 24.3 Å². The summed E-state index contributed by atoms with van der Waals surface area (Å²) in [6.07, 6.45) is 0.458. The first-order chi connectivity index (χ1) is 9.02. The fourth-order valence-corrected chi connectivity index (χ4v) is 2.51. The number of benzene rings is 1. The lowest BCUT2D eigenvalue weighted by molar-refractivity contribution is -0.153. The lowest BCUT2D eigenvalue weighted by atomic mass is 9.90. The largest absolute Gasteiger partial charge is 0.480 e. The molecule has 1 aromatic rings. The first-order valence-corrected chi connectivity index (χ1v) is 6.71. The highest BCUT2D eigenvalue weighted by Crippen LogP contribution is 2.23. The number of carboxylic acids is 1. The van der Waals surface area contributed by atoms with E-state index in [9.17, 15) is 9.90 Å². The van der Waals surface area contributed by atoms with Crippen molar-refractivity contribution in [3.8, 4) is 0 Å². The first-order valence-electron chi connectivity index (χ1n) is 6.33. The van der Waals surface area contributed by atoms with Crippen molar-refractivity contribution in [2.75, 3.05) is 26.3 Å². The highest BCUT2D eigenvalue weighted by atomic mass is 35.5. The van der Waals surface area contributed by atoms with Gasteiger partial charge in [-0.05, 0) is 24.6 Å². The molecule has 5 heteroatoms. The molecule has 1 aliphatic rings. The summed E-state index contributed by atoms with van der Waals surface area (Å²) in [5, 5.41) is 10.3. The van der Waals surface area contributed by atoms with E-state index in [0.717, 1.165) is 5.56 Å². The summed E-state index contributed by atoms with van der Waals surface area (Å²) in [4.78, 5) is 13.7. The van der Waals surface area contributed by atoms with Gasteiger partial charge in [-0.15, -0.1) is 0 Å². The average molecular weight is 284 g/mol. The molecule has 104 valence electrons. The van der Waals surface area contributed by atoms with E-state index in [0.29, 0.717) is 37.7 Å². The Morgan fingerprint density at radius 1 is 1.37 bits per heavy atom. The number of hydrogen-bond donors (Lipinski definition) is 1. The van der Waals surface area contributed by atoms with E-state index in [1.54, 1.807) is 19.1 Å². The van der Waals surface area contributed by atoms with E-state index in [1.165, 1.54) is 0 Å². The molecule has 1 aromatic carbocycles. The fraction of sp³-hybridized carbons (Fsp3) is 0.500. The van der Waals surface area contributed by atoms with Crippen LogP contribution in [0, 0.1) is 0 Å². The minimum absolute atomic E-state index is 0.458. The van der Waals surface area contributed by atoms with Gasteiger partial charge in [-0.2, -0.15) is 0 Å². The third-order valence-corrected chi connectivity index (χ3v) is 3.88. The summed E-state index contributed by atoms with van der Waals surface area (Å²) in [7, 11) is 0. The molecule has 0 saturated carbocycles. The molecule has 0 aliphatic carbocycles. The monoisotopic (exact) mass is 283 g/mol. The van der Waals surface area contributed by atoms with E-state index in [1.807, 2.05) is 17.0 Å². The number of aliphatic carboxylic acids is 1. The number of halogens is 1. The Hall–Kier alpha value is -1.10. The Labute approximate surface area is 117 Å². The molecule has 1 heterocycles. The second-order valence-corrected chi connectivity index (χ2v) is 5.42.